The predicted octanol–water partition coefficient (Wildman–Crippen LogP) is 1.95. The molecule has 1 fully saturated rings. The molecule has 2 unspecified atom stereocenters. The lowest BCUT2D eigenvalue weighted by molar-refractivity contribution is 0.134. The van der Waals surface area contributed by atoms with Gasteiger partial charge in [0.15, 0.2) is 0 Å². The first kappa shape index (κ1) is 12.5. The van der Waals surface area contributed by atoms with Gasteiger partial charge in [0, 0.05) is 18.8 Å². The zero-order chi connectivity index (χ0) is 12.3. The van der Waals surface area contributed by atoms with Crippen molar-refractivity contribution in [3.8, 4) is 0 Å². The van der Waals surface area contributed by atoms with E-state index in [1.165, 1.54) is 19.0 Å². The average Bonchev–Trinajstić information content (AvgIpc) is 2.38. The van der Waals surface area contributed by atoms with Gasteiger partial charge in [-0.2, -0.15) is 0 Å². The van der Waals surface area contributed by atoms with Crippen molar-refractivity contribution in [3.63, 3.8) is 0 Å². The number of likely N-dealkylation sites (tertiary alicyclic amines) is 1. The number of pyridine rings is 1. The van der Waals surface area contributed by atoms with Gasteiger partial charge in [0.2, 0.25) is 0 Å². The van der Waals surface area contributed by atoms with Crippen LogP contribution in [0.4, 0.5) is 4.39 Å². The van der Waals surface area contributed by atoms with Gasteiger partial charge >= 0.3 is 0 Å². The molecule has 17 heavy (non-hydrogen) atoms. The highest BCUT2D eigenvalue weighted by atomic mass is 19.1. The minimum atomic E-state index is -0.262. The Hall–Kier alpha value is -1.00. The van der Waals surface area contributed by atoms with E-state index in [0.29, 0.717) is 5.92 Å². The van der Waals surface area contributed by atoms with Crippen molar-refractivity contribution in [2.24, 2.45) is 11.7 Å². The summed E-state index contributed by atoms with van der Waals surface area (Å²) in [5.41, 5.74) is 6.68. The van der Waals surface area contributed by atoms with Crippen molar-refractivity contribution in [3.05, 3.63) is 29.8 Å². The number of aromatic nitrogens is 1. The standard InChI is InChI=1S/C13H20FN3/c1-10(12-5-13(14)8-16-7-12)17-4-2-3-11(6-15)9-17/h5,7-8,10-11H,2-4,6,9,15H2,1H3. The van der Waals surface area contributed by atoms with Gasteiger partial charge in [-0.1, -0.05) is 0 Å². The molecule has 2 N–H and O–H groups in total. The van der Waals surface area contributed by atoms with Gasteiger partial charge in [0.05, 0.1) is 6.20 Å². The van der Waals surface area contributed by atoms with Crippen molar-refractivity contribution in [2.45, 2.75) is 25.8 Å². The maximum absolute atomic E-state index is 13.1. The Balaban J connectivity index is 2.06. The van der Waals surface area contributed by atoms with E-state index in [1.807, 2.05) is 0 Å². The summed E-state index contributed by atoms with van der Waals surface area (Å²) in [7, 11) is 0. The highest BCUT2D eigenvalue weighted by Crippen LogP contribution is 2.25. The molecule has 1 aliphatic heterocycles. The number of nitrogens with zero attached hydrogens (tertiary/aromatic N) is 2. The molecule has 4 heteroatoms. The van der Waals surface area contributed by atoms with Crippen LogP contribution in [0.3, 0.4) is 0 Å². The second-order valence-electron chi connectivity index (χ2n) is 4.85. The number of rotatable bonds is 3. The lowest BCUT2D eigenvalue weighted by atomic mass is 9.96. The third-order valence-corrected chi connectivity index (χ3v) is 3.64. The molecule has 94 valence electrons. The first-order valence-electron chi connectivity index (χ1n) is 6.25. The third kappa shape index (κ3) is 3.01. The molecule has 2 heterocycles. The molecular weight excluding hydrogens is 217 g/mol. The minimum Gasteiger partial charge on any atom is -0.330 e. The van der Waals surface area contributed by atoms with Gasteiger partial charge < -0.3 is 5.73 Å². The van der Waals surface area contributed by atoms with Crippen molar-refractivity contribution < 1.29 is 4.39 Å². The molecule has 0 aliphatic carbocycles. The van der Waals surface area contributed by atoms with Crippen LogP contribution < -0.4 is 5.73 Å². The highest BCUT2D eigenvalue weighted by Gasteiger charge is 2.23. The van der Waals surface area contributed by atoms with Gasteiger partial charge in [-0.25, -0.2) is 4.39 Å². The summed E-state index contributed by atoms with van der Waals surface area (Å²) in [5, 5.41) is 0. The van der Waals surface area contributed by atoms with Crippen LogP contribution in [0.1, 0.15) is 31.4 Å². The van der Waals surface area contributed by atoms with Gasteiger partial charge in [0.1, 0.15) is 5.82 Å². The van der Waals surface area contributed by atoms with Crippen LogP contribution in [-0.2, 0) is 0 Å². The van der Waals surface area contributed by atoms with Crippen LogP contribution in [0, 0.1) is 11.7 Å². The summed E-state index contributed by atoms with van der Waals surface area (Å²) in [6.07, 6.45) is 5.38. The molecule has 0 amide bonds. The number of nitrogens with two attached hydrogens (primary N) is 1. The molecule has 0 aromatic carbocycles. The summed E-state index contributed by atoms with van der Waals surface area (Å²) in [6.45, 7) is 4.92. The summed E-state index contributed by atoms with van der Waals surface area (Å²) in [6, 6.07) is 1.79. The molecule has 0 bridgehead atoms. The summed E-state index contributed by atoms with van der Waals surface area (Å²) < 4.78 is 13.1. The molecule has 0 radical (unpaired) electrons. The first-order chi connectivity index (χ1) is 8.20. The van der Waals surface area contributed by atoms with Crippen LogP contribution in [-0.4, -0.2) is 29.5 Å². The van der Waals surface area contributed by atoms with E-state index in [-0.39, 0.29) is 11.9 Å². The average molecular weight is 237 g/mol. The van der Waals surface area contributed by atoms with Crippen molar-refractivity contribution in [2.75, 3.05) is 19.6 Å². The Bertz CT molecular complexity index is 369. The summed E-state index contributed by atoms with van der Waals surface area (Å²) >= 11 is 0. The Morgan fingerprint density at radius 3 is 3.12 bits per heavy atom. The zero-order valence-corrected chi connectivity index (χ0v) is 10.3. The summed E-state index contributed by atoms with van der Waals surface area (Å²) in [5.74, 6) is 0.314. The topological polar surface area (TPSA) is 42.2 Å². The normalized spacial score (nSPS) is 23.6. The number of halogens is 1. The monoisotopic (exact) mass is 237 g/mol. The largest absolute Gasteiger partial charge is 0.330 e. The van der Waals surface area contributed by atoms with E-state index in [4.69, 9.17) is 5.73 Å². The van der Waals surface area contributed by atoms with Crippen LogP contribution in [0.25, 0.3) is 0 Å². The predicted molar refractivity (Wildman–Crippen MR) is 66.0 cm³/mol. The smallest absolute Gasteiger partial charge is 0.141 e. The molecule has 1 aromatic rings. The van der Waals surface area contributed by atoms with Crippen molar-refractivity contribution in [1.82, 2.24) is 9.88 Å². The quantitative estimate of drug-likeness (QED) is 0.873. The maximum Gasteiger partial charge on any atom is 0.141 e. The second-order valence-corrected chi connectivity index (χ2v) is 4.85. The molecule has 1 saturated heterocycles. The van der Waals surface area contributed by atoms with Gasteiger partial charge in [-0.15, -0.1) is 0 Å². The van der Waals surface area contributed by atoms with Gasteiger partial charge in [-0.05, 0) is 50.4 Å². The highest BCUT2D eigenvalue weighted by molar-refractivity contribution is 5.14. The summed E-state index contributed by atoms with van der Waals surface area (Å²) in [4.78, 5) is 6.29. The number of hydrogen-bond donors (Lipinski definition) is 1. The Labute approximate surface area is 102 Å². The number of piperidine rings is 1. The first-order valence-corrected chi connectivity index (χ1v) is 6.25. The molecule has 1 aromatic heterocycles. The lowest BCUT2D eigenvalue weighted by Crippen LogP contribution is -2.39. The van der Waals surface area contributed by atoms with Gasteiger partial charge in [0.25, 0.3) is 0 Å². The third-order valence-electron chi connectivity index (χ3n) is 3.64. The van der Waals surface area contributed by atoms with Crippen LogP contribution in [0.15, 0.2) is 18.5 Å². The molecule has 0 saturated carbocycles. The van der Waals surface area contributed by atoms with E-state index in [1.54, 1.807) is 12.3 Å². The molecule has 2 rings (SSSR count). The fraction of sp³-hybridized carbons (Fsp3) is 0.615. The fourth-order valence-corrected chi connectivity index (χ4v) is 2.51. The van der Waals surface area contributed by atoms with Crippen LogP contribution in [0.5, 0.6) is 0 Å². The van der Waals surface area contributed by atoms with E-state index < -0.39 is 0 Å². The van der Waals surface area contributed by atoms with Crippen molar-refractivity contribution in [1.29, 1.82) is 0 Å². The Morgan fingerprint density at radius 1 is 1.59 bits per heavy atom. The molecule has 2 atom stereocenters. The lowest BCUT2D eigenvalue weighted by Gasteiger charge is -2.36. The van der Waals surface area contributed by atoms with E-state index >= 15 is 0 Å². The van der Waals surface area contributed by atoms with E-state index in [0.717, 1.165) is 25.2 Å². The molecule has 1 aliphatic rings. The minimum absolute atomic E-state index is 0.215. The molecule has 3 nitrogen and oxygen atoms in total. The van der Waals surface area contributed by atoms with E-state index in [2.05, 4.69) is 16.8 Å². The fourth-order valence-electron chi connectivity index (χ4n) is 2.51. The Kier molecular flexibility index (Phi) is 4.07. The van der Waals surface area contributed by atoms with Crippen LogP contribution in [0.2, 0.25) is 0 Å². The van der Waals surface area contributed by atoms with Gasteiger partial charge in [-0.3, -0.25) is 9.88 Å². The maximum atomic E-state index is 13.1. The molecular formula is C13H20FN3. The number of hydrogen-bond acceptors (Lipinski definition) is 3. The zero-order valence-electron chi connectivity index (χ0n) is 10.3. The van der Waals surface area contributed by atoms with Crippen molar-refractivity contribution >= 4 is 0 Å². The SMILES string of the molecule is CC(c1cncc(F)c1)N1CCCC(CN)C1. The molecule has 0 spiro atoms. The second kappa shape index (κ2) is 5.56. The van der Waals surface area contributed by atoms with Crippen LogP contribution >= 0.6 is 0 Å². The van der Waals surface area contributed by atoms with E-state index in [9.17, 15) is 4.39 Å². The Morgan fingerprint density at radius 2 is 2.41 bits per heavy atom.